The first kappa shape index (κ1) is 18.7. The number of anilines is 3. The second-order valence-electron chi connectivity index (χ2n) is 11.8. The molecule has 44 heavy (non-hydrogen) atoms. The minimum absolute atomic E-state index is 0.00289. The quantitative estimate of drug-likeness (QED) is 0.190. The SMILES string of the molecule is [2H]c1c([2H])c2c3c(c1[2H])C(c1ccccc1)(c1ccccc1)c1ccccc1B3c1sc3c([2H])c([2H])c([2H])c([2H])c3c1N2c1ccc2c(c1)CC2. The average Bonchev–Trinajstić information content (AvgIpc) is 3.55. The molecule has 0 saturated heterocycles. The van der Waals surface area contributed by atoms with E-state index in [1.807, 2.05) is 59.5 Å². The fraction of sp³-hybridized carbons (Fsp3) is 0.0732. The highest BCUT2D eigenvalue weighted by Gasteiger charge is 2.52. The van der Waals surface area contributed by atoms with Gasteiger partial charge in [0, 0.05) is 26.2 Å². The van der Waals surface area contributed by atoms with E-state index in [4.69, 9.17) is 4.11 Å². The summed E-state index contributed by atoms with van der Waals surface area (Å²) in [6, 6.07) is 33.8. The maximum absolute atomic E-state index is 9.82. The van der Waals surface area contributed by atoms with E-state index < -0.39 is 12.1 Å². The van der Waals surface area contributed by atoms with E-state index in [1.165, 1.54) is 22.5 Å². The van der Waals surface area contributed by atoms with Crippen LogP contribution in [0.1, 0.15) is 43.0 Å². The van der Waals surface area contributed by atoms with Crippen molar-refractivity contribution in [2.24, 2.45) is 0 Å². The molecule has 0 fully saturated rings. The molecule has 3 heteroatoms. The molecule has 10 rings (SSSR count). The third-order valence-corrected chi connectivity index (χ3v) is 11.0. The molecule has 1 aliphatic carbocycles. The number of rotatable bonds is 3. The maximum atomic E-state index is 9.82. The van der Waals surface area contributed by atoms with Crippen LogP contribution in [0.25, 0.3) is 10.1 Å². The minimum atomic E-state index is -1.01. The van der Waals surface area contributed by atoms with Crippen molar-refractivity contribution in [1.82, 2.24) is 0 Å². The molecule has 0 atom stereocenters. The third-order valence-electron chi connectivity index (χ3n) is 9.80. The van der Waals surface area contributed by atoms with Crippen LogP contribution in [0.15, 0.2) is 145 Å². The second kappa shape index (κ2) is 9.08. The van der Waals surface area contributed by atoms with Crippen molar-refractivity contribution < 1.29 is 9.60 Å². The Balaban J connectivity index is 1.46. The van der Waals surface area contributed by atoms with Gasteiger partial charge in [-0.1, -0.05) is 127 Å². The molecule has 2 aliphatic heterocycles. The highest BCUT2D eigenvalue weighted by molar-refractivity contribution is 7.33. The first-order chi connectivity index (χ1) is 24.7. The zero-order valence-corrected chi connectivity index (χ0v) is 24.5. The summed E-state index contributed by atoms with van der Waals surface area (Å²) in [6.07, 6.45) is 1.92. The van der Waals surface area contributed by atoms with Crippen LogP contribution < -0.4 is 20.6 Å². The van der Waals surface area contributed by atoms with Crippen LogP contribution in [0.5, 0.6) is 0 Å². The van der Waals surface area contributed by atoms with Gasteiger partial charge in [-0.05, 0) is 75.9 Å². The molecule has 0 N–H and O–H groups in total. The predicted molar refractivity (Wildman–Crippen MR) is 187 cm³/mol. The molecule has 1 nitrogen and oxygen atoms in total. The van der Waals surface area contributed by atoms with Gasteiger partial charge in [-0.25, -0.2) is 0 Å². The van der Waals surface area contributed by atoms with E-state index in [1.54, 1.807) is 0 Å². The maximum Gasteiger partial charge on any atom is 0.260 e. The van der Waals surface area contributed by atoms with Gasteiger partial charge in [0.2, 0.25) is 0 Å². The molecule has 1 aromatic heterocycles. The Kier molecular flexibility index (Phi) is 3.86. The van der Waals surface area contributed by atoms with E-state index in [2.05, 4.69) is 48.5 Å². The van der Waals surface area contributed by atoms with E-state index in [-0.39, 0.29) is 42.3 Å². The predicted octanol–water partition coefficient (Wildman–Crippen LogP) is 8.00. The monoisotopic (exact) mass is 584 g/mol. The van der Waals surface area contributed by atoms with Crippen molar-refractivity contribution in [1.29, 1.82) is 0 Å². The number of aryl methyl sites for hydroxylation is 2. The zero-order valence-electron chi connectivity index (χ0n) is 30.7. The highest BCUT2D eigenvalue weighted by Crippen LogP contribution is 2.51. The number of fused-ring (bicyclic) bond motifs is 7. The number of hydrogen-bond donors (Lipinski definition) is 0. The molecule has 0 bridgehead atoms. The van der Waals surface area contributed by atoms with Crippen molar-refractivity contribution in [3.8, 4) is 0 Å². The minimum Gasteiger partial charge on any atom is -0.310 e. The first-order valence-corrected chi connectivity index (χ1v) is 15.9. The Hall–Kier alpha value is -4.86. The Morgan fingerprint density at radius 3 is 2.16 bits per heavy atom. The lowest BCUT2D eigenvalue weighted by atomic mass is 9.31. The van der Waals surface area contributed by atoms with Crippen LogP contribution in [0.2, 0.25) is 0 Å². The Morgan fingerprint density at radius 2 is 1.41 bits per heavy atom. The lowest BCUT2D eigenvalue weighted by Crippen LogP contribution is -2.64. The van der Waals surface area contributed by atoms with E-state index in [0.29, 0.717) is 27.0 Å². The van der Waals surface area contributed by atoms with Crippen molar-refractivity contribution in [3.63, 3.8) is 0 Å². The average molecular weight is 585 g/mol. The third kappa shape index (κ3) is 3.10. The normalized spacial score (nSPS) is 17.4. The van der Waals surface area contributed by atoms with Gasteiger partial charge >= 0.3 is 0 Å². The molecule has 7 aromatic rings. The molecule has 0 unspecified atom stereocenters. The summed E-state index contributed by atoms with van der Waals surface area (Å²) in [5.41, 5.74) is 8.61. The number of hydrogen-bond acceptors (Lipinski definition) is 2. The van der Waals surface area contributed by atoms with Gasteiger partial charge in [-0.2, -0.15) is 0 Å². The van der Waals surface area contributed by atoms with Gasteiger partial charge in [-0.3, -0.25) is 0 Å². The molecule has 206 valence electrons. The van der Waals surface area contributed by atoms with Crippen LogP contribution in [-0.4, -0.2) is 6.71 Å². The van der Waals surface area contributed by atoms with Crippen LogP contribution in [0, 0.1) is 0 Å². The van der Waals surface area contributed by atoms with Crippen molar-refractivity contribution in [2.45, 2.75) is 18.3 Å². The lowest BCUT2D eigenvalue weighted by molar-refractivity contribution is 0.751. The van der Waals surface area contributed by atoms with Crippen molar-refractivity contribution >= 4 is 60.9 Å². The fourth-order valence-corrected chi connectivity index (χ4v) is 9.11. The fourth-order valence-electron chi connectivity index (χ4n) is 7.89. The van der Waals surface area contributed by atoms with Gasteiger partial charge in [0.05, 0.1) is 20.7 Å². The van der Waals surface area contributed by atoms with Crippen LogP contribution in [0.4, 0.5) is 17.1 Å². The van der Waals surface area contributed by atoms with Crippen molar-refractivity contribution in [3.05, 3.63) is 179 Å². The molecule has 3 aliphatic rings. The van der Waals surface area contributed by atoms with E-state index >= 15 is 0 Å². The van der Waals surface area contributed by atoms with Gasteiger partial charge in [0.15, 0.2) is 0 Å². The first-order valence-electron chi connectivity index (χ1n) is 18.5. The molecular formula is C41H28BNS. The second-order valence-corrected chi connectivity index (χ2v) is 12.9. The van der Waals surface area contributed by atoms with Crippen LogP contribution >= 0.6 is 11.3 Å². The summed E-state index contributed by atoms with van der Waals surface area (Å²) in [6.45, 7) is -0.488. The zero-order chi connectivity index (χ0) is 34.9. The number of nitrogens with zero attached hydrogens (tertiary/aromatic N) is 1. The molecular weight excluding hydrogens is 549 g/mol. The van der Waals surface area contributed by atoms with E-state index in [0.717, 1.165) is 50.9 Å². The number of benzene rings is 6. The summed E-state index contributed by atoms with van der Waals surface area (Å²) in [5.74, 6) is 0. The molecule has 0 spiro atoms. The standard InChI is InChI=1S/C41H28BNS/c1-3-12-29(13-4-1)41(30-14-5-2-6-15-30)33-17-8-9-19-35(33)42-38-34(41)18-11-20-36(38)43(31-25-24-27-22-23-28(27)26-31)39-32-16-7-10-21-37(32)44-40(39)42/h1-21,24-26H,22-23H2/i7D,10D,11D,16D,18D,20D,21D. The van der Waals surface area contributed by atoms with Crippen LogP contribution in [-0.2, 0) is 18.3 Å². The topological polar surface area (TPSA) is 3.24 Å². The summed E-state index contributed by atoms with van der Waals surface area (Å²) in [4.78, 5) is 1.98. The molecule has 0 amide bonds. The molecule has 6 aromatic carbocycles. The molecule has 3 heterocycles. The van der Waals surface area contributed by atoms with Gasteiger partial charge < -0.3 is 4.90 Å². The summed E-state index contributed by atoms with van der Waals surface area (Å²) >= 11 is 1.37. The summed E-state index contributed by atoms with van der Waals surface area (Å²) in [5, 5.41) is 0.414. The van der Waals surface area contributed by atoms with Crippen molar-refractivity contribution in [2.75, 3.05) is 4.90 Å². The van der Waals surface area contributed by atoms with Crippen LogP contribution in [0.3, 0.4) is 0 Å². The largest absolute Gasteiger partial charge is 0.310 e. The molecule has 0 radical (unpaired) electrons. The van der Waals surface area contributed by atoms with Gasteiger partial charge in [0.1, 0.15) is 0 Å². The molecule has 0 saturated carbocycles. The Labute approximate surface area is 272 Å². The Bertz CT molecular complexity index is 2600. The summed E-state index contributed by atoms with van der Waals surface area (Å²) in [7, 11) is 0. The highest BCUT2D eigenvalue weighted by atomic mass is 32.1. The lowest BCUT2D eigenvalue weighted by Gasteiger charge is -2.48. The van der Waals surface area contributed by atoms with E-state index in [9.17, 15) is 5.48 Å². The Morgan fingerprint density at radius 1 is 0.682 bits per heavy atom. The number of thiophene rings is 1. The smallest absolute Gasteiger partial charge is 0.260 e. The van der Waals surface area contributed by atoms with Gasteiger partial charge in [-0.15, -0.1) is 11.3 Å². The van der Waals surface area contributed by atoms with Gasteiger partial charge in [0.25, 0.3) is 6.71 Å². The summed E-state index contributed by atoms with van der Waals surface area (Å²) < 4.78 is 65.8.